The Hall–Kier alpha value is -1.24. The molecule has 0 unspecified atom stereocenters. The molecule has 1 nitrogen and oxygen atoms in total. The number of aromatic nitrogens is 1. The van der Waals surface area contributed by atoms with Crippen LogP contribution in [0.25, 0.3) is 10.9 Å². The molecule has 1 aromatic carbocycles. The Morgan fingerprint density at radius 2 is 1.71 bits per heavy atom. The number of benzene rings is 1. The quantitative estimate of drug-likeness (QED) is 0.701. The summed E-state index contributed by atoms with van der Waals surface area (Å²) in [5.74, 6) is 0. The Morgan fingerprint density at radius 1 is 1.07 bits per heavy atom. The van der Waals surface area contributed by atoms with Crippen molar-refractivity contribution in [3.05, 3.63) is 34.5 Å². The molecule has 74 valence electrons. The van der Waals surface area contributed by atoms with E-state index in [-0.39, 0.29) is 0 Å². The maximum absolute atomic E-state index is 3.49. The fourth-order valence-corrected chi connectivity index (χ4v) is 2.25. The number of hydrogen-bond acceptors (Lipinski definition) is 0. The summed E-state index contributed by atoms with van der Waals surface area (Å²) < 4.78 is 0. The summed E-state index contributed by atoms with van der Waals surface area (Å²) in [6.07, 6.45) is 1.11. The molecular formula is C13H17N. The van der Waals surface area contributed by atoms with Crippen LogP contribution in [0.5, 0.6) is 0 Å². The zero-order valence-electron chi connectivity index (χ0n) is 9.36. The van der Waals surface area contributed by atoms with Gasteiger partial charge in [0, 0.05) is 16.6 Å². The van der Waals surface area contributed by atoms with Crippen LogP contribution in [0.3, 0.4) is 0 Å². The smallest absolute Gasteiger partial charge is 0.0491 e. The van der Waals surface area contributed by atoms with Gasteiger partial charge in [0.15, 0.2) is 0 Å². The number of hydrogen-bond donors (Lipinski definition) is 1. The van der Waals surface area contributed by atoms with Crippen molar-refractivity contribution < 1.29 is 0 Å². The molecule has 2 aromatic rings. The van der Waals surface area contributed by atoms with Crippen LogP contribution in [-0.4, -0.2) is 4.98 Å². The van der Waals surface area contributed by atoms with Crippen LogP contribution in [0.1, 0.15) is 29.3 Å². The molecule has 0 aliphatic carbocycles. The zero-order chi connectivity index (χ0) is 10.3. The molecule has 0 aliphatic rings. The van der Waals surface area contributed by atoms with E-state index in [0.717, 1.165) is 6.42 Å². The Kier molecular flexibility index (Phi) is 2.10. The Bertz CT molecular complexity index is 477. The molecule has 0 bridgehead atoms. The van der Waals surface area contributed by atoms with E-state index in [1.165, 1.54) is 33.3 Å². The molecule has 0 saturated heterocycles. The standard InChI is InChI=1S/C13H17N/c1-5-11-10(4)14-13-9(3)7-6-8(2)12(11)13/h6-7,14H,5H2,1-4H3. The van der Waals surface area contributed by atoms with E-state index in [9.17, 15) is 0 Å². The molecule has 0 amide bonds. The second-order valence-corrected chi connectivity index (χ2v) is 4.03. The van der Waals surface area contributed by atoms with E-state index in [0.29, 0.717) is 0 Å². The molecule has 1 heterocycles. The maximum atomic E-state index is 3.49. The SMILES string of the molecule is CCc1c(C)[nH]c2c(C)ccc(C)c12. The van der Waals surface area contributed by atoms with Crippen molar-refractivity contribution in [3.63, 3.8) is 0 Å². The van der Waals surface area contributed by atoms with E-state index in [1.54, 1.807) is 0 Å². The van der Waals surface area contributed by atoms with Crippen molar-refractivity contribution >= 4 is 10.9 Å². The van der Waals surface area contributed by atoms with Crippen LogP contribution in [0.15, 0.2) is 12.1 Å². The fraction of sp³-hybridized carbons (Fsp3) is 0.385. The minimum atomic E-state index is 1.11. The van der Waals surface area contributed by atoms with Crippen molar-refractivity contribution in [1.29, 1.82) is 0 Å². The topological polar surface area (TPSA) is 15.8 Å². The van der Waals surface area contributed by atoms with E-state index in [4.69, 9.17) is 0 Å². The number of aryl methyl sites for hydroxylation is 4. The monoisotopic (exact) mass is 187 g/mol. The van der Waals surface area contributed by atoms with Crippen LogP contribution in [-0.2, 0) is 6.42 Å². The number of aromatic amines is 1. The van der Waals surface area contributed by atoms with Gasteiger partial charge in [0.05, 0.1) is 0 Å². The summed E-state index contributed by atoms with van der Waals surface area (Å²) in [5, 5.41) is 1.44. The third-order valence-corrected chi connectivity index (χ3v) is 3.04. The van der Waals surface area contributed by atoms with Crippen molar-refractivity contribution in [2.45, 2.75) is 34.1 Å². The minimum Gasteiger partial charge on any atom is -0.358 e. The Labute approximate surface area is 85.1 Å². The lowest BCUT2D eigenvalue weighted by molar-refractivity contribution is 1.11. The van der Waals surface area contributed by atoms with Crippen molar-refractivity contribution in [2.75, 3.05) is 0 Å². The predicted octanol–water partition coefficient (Wildman–Crippen LogP) is 3.66. The summed E-state index contributed by atoms with van der Waals surface area (Å²) >= 11 is 0. The van der Waals surface area contributed by atoms with Crippen LogP contribution < -0.4 is 0 Å². The summed E-state index contributed by atoms with van der Waals surface area (Å²) in [4.78, 5) is 3.49. The number of nitrogens with one attached hydrogen (secondary N) is 1. The highest BCUT2D eigenvalue weighted by Gasteiger charge is 2.09. The molecule has 0 fully saturated rings. The Morgan fingerprint density at radius 3 is 2.36 bits per heavy atom. The van der Waals surface area contributed by atoms with Crippen molar-refractivity contribution in [2.24, 2.45) is 0 Å². The molecule has 1 N–H and O–H groups in total. The van der Waals surface area contributed by atoms with Crippen LogP contribution in [0.2, 0.25) is 0 Å². The molecule has 1 heteroatoms. The fourth-order valence-electron chi connectivity index (χ4n) is 2.25. The zero-order valence-corrected chi connectivity index (χ0v) is 9.36. The molecular weight excluding hydrogens is 170 g/mol. The average molecular weight is 187 g/mol. The predicted molar refractivity (Wildman–Crippen MR) is 61.9 cm³/mol. The first-order chi connectivity index (χ1) is 6.65. The number of H-pyrrole nitrogens is 1. The van der Waals surface area contributed by atoms with Gasteiger partial charge < -0.3 is 4.98 Å². The third-order valence-electron chi connectivity index (χ3n) is 3.04. The molecule has 14 heavy (non-hydrogen) atoms. The van der Waals surface area contributed by atoms with Gasteiger partial charge in [-0.2, -0.15) is 0 Å². The number of rotatable bonds is 1. The van der Waals surface area contributed by atoms with E-state index >= 15 is 0 Å². The first-order valence-corrected chi connectivity index (χ1v) is 5.22. The molecule has 2 rings (SSSR count). The molecule has 0 radical (unpaired) electrons. The minimum absolute atomic E-state index is 1.11. The highest BCUT2D eigenvalue weighted by Crippen LogP contribution is 2.27. The Balaban J connectivity index is 2.93. The number of fused-ring (bicyclic) bond motifs is 1. The van der Waals surface area contributed by atoms with E-state index in [1.807, 2.05) is 0 Å². The second kappa shape index (κ2) is 3.16. The van der Waals surface area contributed by atoms with Gasteiger partial charge in [-0.3, -0.25) is 0 Å². The van der Waals surface area contributed by atoms with Crippen LogP contribution in [0, 0.1) is 20.8 Å². The first-order valence-electron chi connectivity index (χ1n) is 5.22. The van der Waals surface area contributed by atoms with E-state index in [2.05, 4.69) is 44.8 Å². The van der Waals surface area contributed by atoms with Gasteiger partial charge in [0.25, 0.3) is 0 Å². The average Bonchev–Trinajstić information content (AvgIpc) is 2.50. The van der Waals surface area contributed by atoms with Crippen molar-refractivity contribution in [3.8, 4) is 0 Å². The van der Waals surface area contributed by atoms with Gasteiger partial charge in [0.2, 0.25) is 0 Å². The third kappa shape index (κ3) is 1.16. The van der Waals surface area contributed by atoms with Crippen LogP contribution >= 0.6 is 0 Å². The highest BCUT2D eigenvalue weighted by molar-refractivity contribution is 5.90. The molecule has 0 saturated carbocycles. The lowest BCUT2D eigenvalue weighted by Gasteiger charge is -2.02. The van der Waals surface area contributed by atoms with Gasteiger partial charge in [-0.25, -0.2) is 0 Å². The van der Waals surface area contributed by atoms with E-state index < -0.39 is 0 Å². The van der Waals surface area contributed by atoms with Gasteiger partial charge in [-0.1, -0.05) is 19.1 Å². The second-order valence-electron chi connectivity index (χ2n) is 4.03. The normalized spacial score (nSPS) is 11.1. The summed E-state index contributed by atoms with van der Waals surface area (Å²) in [7, 11) is 0. The van der Waals surface area contributed by atoms with Crippen molar-refractivity contribution in [1.82, 2.24) is 4.98 Å². The largest absolute Gasteiger partial charge is 0.358 e. The highest BCUT2D eigenvalue weighted by atomic mass is 14.7. The molecule has 1 aromatic heterocycles. The lowest BCUT2D eigenvalue weighted by atomic mass is 10.0. The van der Waals surface area contributed by atoms with Gasteiger partial charge in [-0.15, -0.1) is 0 Å². The molecule has 0 spiro atoms. The molecule has 0 atom stereocenters. The van der Waals surface area contributed by atoms with Gasteiger partial charge >= 0.3 is 0 Å². The van der Waals surface area contributed by atoms with Crippen LogP contribution in [0.4, 0.5) is 0 Å². The maximum Gasteiger partial charge on any atom is 0.0491 e. The summed E-state index contributed by atoms with van der Waals surface area (Å²) in [6.45, 7) is 8.74. The molecule has 0 aliphatic heterocycles. The first kappa shape index (κ1) is 9.32. The lowest BCUT2D eigenvalue weighted by Crippen LogP contribution is -1.83. The van der Waals surface area contributed by atoms with Gasteiger partial charge in [-0.05, 0) is 43.9 Å². The summed E-state index contributed by atoms with van der Waals surface area (Å²) in [5.41, 5.74) is 6.83. The summed E-state index contributed by atoms with van der Waals surface area (Å²) in [6, 6.07) is 4.40. The van der Waals surface area contributed by atoms with Gasteiger partial charge in [0.1, 0.15) is 0 Å².